The number of hydrogen-bond acceptors (Lipinski definition) is 3. The van der Waals surface area contributed by atoms with Gasteiger partial charge in [-0.15, -0.1) is 0 Å². The van der Waals surface area contributed by atoms with Crippen molar-refractivity contribution < 1.29 is 14.2 Å². The Balaban J connectivity index is 1.07. The zero-order chi connectivity index (χ0) is 37.0. The van der Waals surface area contributed by atoms with Crippen molar-refractivity contribution in [3.63, 3.8) is 0 Å². The molecule has 6 aliphatic rings. The summed E-state index contributed by atoms with van der Waals surface area (Å²) in [5.41, 5.74) is -0.0446. The van der Waals surface area contributed by atoms with E-state index in [2.05, 4.69) is 76.3 Å². The monoisotopic (exact) mass is 731 g/mol. The Morgan fingerprint density at radius 2 is 0.830 bits per heavy atom. The molecule has 0 radical (unpaired) electrons. The quantitative estimate of drug-likeness (QED) is 0.131. The van der Waals surface area contributed by atoms with Crippen LogP contribution in [-0.4, -0.2) is 37.6 Å². The highest BCUT2D eigenvalue weighted by molar-refractivity contribution is 5.31. The van der Waals surface area contributed by atoms with E-state index < -0.39 is 0 Å². The molecule has 0 bridgehead atoms. The normalized spacial score (nSPS) is 36.8. The minimum absolute atomic E-state index is 0.241. The maximum Gasteiger partial charge on any atom is 0.110 e. The molecule has 0 spiro atoms. The summed E-state index contributed by atoms with van der Waals surface area (Å²) in [6, 6.07) is 0. The molecule has 3 nitrogen and oxygen atoms in total. The Morgan fingerprint density at radius 3 is 1.15 bits per heavy atom. The van der Waals surface area contributed by atoms with E-state index in [1.54, 1.807) is 0 Å². The maximum absolute atomic E-state index is 6.92. The van der Waals surface area contributed by atoms with E-state index in [0.29, 0.717) is 11.8 Å². The van der Waals surface area contributed by atoms with Gasteiger partial charge in [0.15, 0.2) is 0 Å². The topological polar surface area (TPSA) is 27.7 Å². The van der Waals surface area contributed by atoms with E-state index in [-0.39, 0.29) is 22.0 Å². The minimum atomic E-state index is -0.263. The molecule has 0 aromatic heterocycles. The fraction of sp³-hybridized carbons (Fsp3) is 0.840. The molecule has 6 rings (SSSR count). The lowest BCUT2D eigenvalue weighted by Gasteiger charge is -2.56. The first-order valence-corrected chi connectivity index (χ1v) is 23.6. The van der Waals surface area contributed by atoms with Gasteiger partial charge < -0.3 is 14.2 Å². The van der Waals surface area contributed by atoms with Crippen molar-refractivity contribution in [2.45, 2.75) is 193 Å². The largest absolute Gasteiger partial charge is 0.380 e. The lowest BCUT2D eigenvalue weighted by molar-refractivity contribution is -0.123. The summed E-state index contributed by atoms with van der Waals surface area (Å²) in [5.74, 6) is 4.07. The van der Waals surface area contributed by atoms with Crippen LogP contribution in [0.4, 0.5) is 0 Å². The SMILES string of the molecule is CCCC[C@H]1CC[C@H](C2([C@]3(OCC)C=C[C@H](COC[C@H]4C=C[C@@](OCC)(C5([C@H]6CC[C@H](CCCC)CC6)CCCCC5)C=C4)C=C3)CCCCC2)CC1. The van der Waals surface area contributed by atoms with E-state index in [0.717, 1.165) is 50.1 Å². The molecule has 0 heterocycles. The van der Waals surface area contributed by atoms with Gasteiger partial charge in [-0.2, -0.15) is 0 Å². The van der Waals surface area contributed by atoms with Crippen LogP contribution in [-0.2, 0) is 14.2 Å². The fourth-order valence-corrected chi connectivity index (χ4v) is 13.1. The Kier molecular flexibility index (Phi) is 15.5. The molecule has 0 aromatic rings. The van der Waals surface area contributed by atoms with Crippen molar-refractivity contribution >= 4 is 0 Å². The number of unbranched alkanes of at least 4 members (excludes halogenated alkanes) is 2. The van der Waals surface area contributed by atoms with Crippen molar-refractivity contribution in [3.8, 4) is 0 Å². The second-order valence-electron chi connectivity index (χ2n) is 18.9. The summed E-state index contributed by atoms with van der Waals surface area (Å²) in [7, 11) is 0. The molecule has 53 heavy (non-hydrogen) atoms. The van der Waals surface area contributed by atoms with Crippen molar-refractivity contribution in [2.24, 2.45) is 46.3 Å². The molecule has 4 saturated carbocycles. The Morgan fingerprint density at radius 1 is 0.472 bits per heavy atom. The molecule has 0 aliphatic heterocycles. The molecule has 300 valence electrons. The van der Waals surface area contributed by atoms with Crippen LogP contribution in [0.15, 0.2) is 48.6 Å². The third kappa shape index (κ3) is 9.20. The predicted molar refractivity (Wildman–Crippen MR) is 224 cm³/mol. The summed E-state index contributed by atoms with van der Waals surface area (Å²) in [6.45, 7) is 12.1. The standard InChI is InChI=1S/C50H82O3/c1-5-9-17-41-19-23-45(24-20-41)47(31-13-11-14-32-47)49(52-7-3)35-27-43(28-36-49)39-51-40-44-29-37-50(38-30-44,53-8-4)48(33-15-12-16-34-48)46-25-21-42(22-26-46)18-10-6-2/h27-30,35-38,41-46H,5-26,31-34,39-40H2,1-4H3/t41-,42-,43-,44-,45-,46-,49-,50-. The Hall–Kier alpha value is -1.16. The first kappa shape index (κ1) is 41.5. The van der Waals surface area contributed by atoms with Crippen molar-refractivity contribution in [3.05, 3.63) is 48.6 Å². The molecule has 0 saturated heterocycles. The van der Waals surface area contributed by atoms with Crippen LogP contribution in [0, 0.1) is 46.3 Å². The third-order valence-corrected chi connectivity index (χ3v) is 16.0. The molecule has 0 amide bonds. The zero-order valence-corrected chi connectivity index (χ0v) is 35.1. The van der Waals surface area contributed by atoms with Crippen LogP contribution >= 0.6 is 0 Å². The lowest BCUT2D eigenvalue weighted by atomic mass is 9.52. The van der Waals surface area contributed by atoms with Crippen LogP contribution in [0.3, 0.4) is 0 Å². The summed E-state index contributed by atoms with van der Waals surface area (Å²) >= 11 is 0. The van der Waals surface area contributed by atoms with Crippen LogP contribution in [0.2, 0.25) is 0 Å². The van der Waals surface area contributed by atoms with Gasteiger partial charge in [-0.3, -0.25) is 0 Å². The summed E-state index contributed by atoms with van der Waals surface area (Å²) in [6.07, 6.45) is 53.0. The lowest BCUT2D eigenvalue weighted by Crippen LogP contribution is -2.54. The van der Waals surface area contributed by atoms with Gasteiger partial charge >= 0.3 is 0 Å². The zero-order valence-electron chi connectivity index (χ0n) is 35.1. The second-order valence-corrected chi connectivity index (χ2v) is 18.9. The van der Waals surface area contributed by atoms with Crippen molar-refractivity contribution in [1.29, 1.82) is 0 Å². The van der Waals surface area contributed by atoms with Crippen LogP contribution in [0.25, 0.3) is 0 Å². The van der Waals surface area contributed by atoms with E-state index in [1.807, 2.05) is 0 Å². The molecular formula is C50H82O3. The molecule has 6 aliphatic carbocycles. The van der Waals surface area contributed by atoms with E-state index in [1.165, 1.54) is 154 Å². The third-order valence-electron chi connectivity index (χ3n) is 16.0. The smallest absolute Gasteiger partial charge is 0.110 e. The van der Waals surface area contributed by atoms with Crippen LogP contribution in [0.1, 0.15) is 182 Å². The van der Waals surface area contributed by atoms with Gasteiger partial charge in [-0.05, 0) is 88.9 Å². The van der Waals surface area contributed by atoms with Crippen molar-refractivity contribution in [1.82, 2.24) is 0 Å². The summed E-state index contributed by atoms with van der Waals surface area (Å²) < 4.78 is 20.4. The molecule has 4 fully saturated rings. The Bertz CT molecular complexity index is 1060. The number of ether oxygens (including phenoxy) is 3. The molecule has 0 atom stereocenters. The van der Waals surface area contributed by atoms with E-state index in [9.17, 15) is 0 Å². The highest BCUT2D eigenvalue weighted by atomic mass is 16.5. The highest BCUT2D eigenvalue weighted by Crippen LogP contribution is 2.60. The first-order chi connectivity index (χ1) is 26.0. The van der Waals surface area contributed by atoms with Gasteiger partial charge in [-0.25, -0.2) is 0 Å². The number of rotatable bonds is 18. The average Bonchev–Trinajstić information content (AvgIpc) is 3.21. The van der Waals surface area contributed by atoms with Gasteiger partial charge in [-0.1, -0.05) is 165 Å². The summed E-state index contributed by atoms with van der Waals surface area (Å²) in [4.78, 5) is 0. The first-order valence-electron chi connectivity index (χ1n) is 23.6. The van der Waals surface area contributed by atoms with Gasteiger partial charge in [0.25, 0.3) is 0 Å². The van der Waals surface area contributed by atoms with Gasteiger partial charge in [0, 0.05) is 35.9 Å². The number of hydrogen-bond donors (Lipinski definition) is 0. The van der Waals surface area contributed by atoms with Gasteiger partial charge in [0.1, 0.15) is 11.2 Å². The molecular weight excluding hydrogens is 649 g/mol. The molecule has 0 N–H and O–H groups in total. The Labute approximate surface area is 327 Å². The van der Waals surface area contributed by atoms with Gasteiger partial charge in [0.05, 0.1) is 13.2 Å². The molecule has 0 aromatic carbocycles. The maximum atomic E-state index is 6.92. The molecule has 0 unspecified atom stereocenters. The van der Waals surface area contributed by atoms with Gasteiger partial charge in [0.2, 0.25) is 0 Å². The van der Waals surface area contributed by atoms with E-state index >= 15 is 0 Å². The van der Waals surface area contributed by atoms with Crippen molar-refractivity contribution in [2.75, 3.05) is 26.4 Å². The van der Waals surface area contributed by atoms with E-state index in [4.69, 9.17) is 14.2 Å². The van der Waals surface area contributed by atoms with Crippen LogP contribution in [0.5, 0.6) is 0 Å². The minimum Gasteiger partial charge on any atom is -0.380 e. The molecule has 3 heteroatoms. The highest BCUT2D eigenvalue weighted by Gasteiger charge is 2.56. The predicted octanol–water partition coefficient (Wildman–Crippen LogP) is 13.9. The second kappa shape index (κ2) is 19.8. The summed E-state index contributed by atoms with van der Waals surface area (Å²) in [5, 5.41) is 0. The van der Waals surface area contributed by atoms with Crippen LogP contribution < -0.4 is 0 Å². The fourth-order valence-electron chi connectivity index (χ4n) is 13.1. The average molecular weight is 731 g/mol.